The molecule has 0 aliphatic heterocycles. The van der Waals surface area contributed by atoms with E-state index in [2.05, 4.69) is 41.5 Å². The lowest BCUT2D eigenvalue weighted by atomic mass is 9.68. The van der Waals surface area contributed by atoms with Crippen LogP contribution in [0.2, 0.25) is 0 Å². The van der Waals surface area contributed by atoms with Crippen LogP contribution in [0, 0.1) is 41.4 Å². The summed E-state index contributed by atoms with van der Waals surface area (Å²) in [6.07, 6.45) is 5.39. The fourth-order valence-corrected chi connectivity index (χ4v) is 4.97. The van der Waals surface area contributed by atoms with Crippen LogP contribution in [0.25, 0.3) is 0 Å². The third-order valence-corrected chi connectivity index (χ3v) is 6.72. The Kier molecular flexibility index (Phi) is 9.60. The van der Waals surface area contributed by atoms with Gasteiger partial charge in [0.25, 0.3) is 0 Å². The van der Waals surface area contributed by atoms with Crippen LogP contribution in [0.15, 0.2) is 0 Å². The molecule has 2 fully saturated rings. The second-order valence-electron chi connectivity index (χ2n) is 9.67. The number of carbonyl (C=O) groups is 1. The first-order valence-corrected chi connectivity index (χ1v) is 10.6. The summed E-state index contributed by atoms with van der Waals surface area (Å²) in [4.78, 5) is 10.8. The molecule has 2 aliphatic carbocycles. The van der Waals surface area contributed by atoms with Crippen molar-refractivity contribution >= 4 is 5.97 Å². The summed E-state index contributed by atoms with van der Waals surface area (Å²) in [6, 6.07) is 0. The Morgan fingerprint density at radius 2 is 1.27 bits per heavy atom. The van der Waals surface area contributed by atoms with E-state index in [1.165, 1.54) is 12.8 Å². The van der Waals surface area contributed by atoms with Crippen molar-refractivity contribution < 1.29 is 20.1 Å². The van der Waals surface area contributed by atoms with Crippen molar-refractivity contribution in [1.82, 2.24) is 0 Å². The second-order valence-corrected chi connectivity index (χ2v) is 9.67. The third-order valence-electron chi connectivity index (χ3n) is 6.72. The average Bonchev–Trinajstić information content (AvgIpc) is 2.53. The van der Waals surface area contributed by atoms with Crippen LogP contribution < -0.4 is 0 Å². The summed E-state index contributed by atoms with van der Waals surface area (Å²) in [5.41, 5.74) is 0. The molecule has 4 heteroatoms. The zero-order chi connectivity index (χ0) is 20.0. The molecular formula is C22H42O4. The van der Waals surface area contributed by atoms with E-state index in [1.807, 2.05) is 0 Å². The van der Waals surface area contributed by atoms with Gasteiger partial charge in [0.15, 0.2) is 6.10 Å². The van der Waals surface area contributed by atoms with E-state index < -0.39 is 12.1 Å². The number of hydrogen-bond donors (Lipinski definition) is 3. The summed E-state index contributed by atoms with van der Waals surface area (Å²) >= 11 is 0. The summed E-state index contributed by atoms with van der Waals surface area (Å²) in [5, 5.41) is 28.3. The van der Waals surface area contributed by atoms with E-state index in [-0.39, 0.29) is 12.0 Å². The van der Waals surface area contributed by atoms with Crippen molar-refractivity contribution in [2.75, 3.05) is 0 Å². The maximum atomic E-state index is 10.8. The van der Waals surface area contributed by atoms with Gasteiger partial charge in [-0.25, -0.2) is 4.79 Å². The zero-order valence-electron chi connectivity index (χ0n) is 17.7. The molecule has 26 heavy (non-hydrogen) atoms. The van der Waals surface area contributed by atoms with Crippen LogP contribution >= 0.6 is 0 Å². The van der Waals surface area contributed by atoms with Gasteiger partial charge in [0.2, 0.25) is 0 Å². The lowest BCUT2D eigenvalue weighted by Gasteiger charge is -2.38. The summed E-state index contributed by atoms with van der Waals surface area (Å²) in [6.45, 7) is 13.0. The van der Waals surface area contributed by atoms with Gasteiger partial charge >= 0.3 is 5.97 Å². The first-order chi connectivity index (χ1) is 12.0. The number of hydrogen-bond acceptors (Lipinski definition) is 3. The summed E-state index contributed by atoms with van der Waals surface area (Å²) < 4.78 is 0. The SMILES string of the molecule is CC1CCC(C(C)C)C(C(O)C(=O)O)C1.CC1CCC(C(C)C)C(O)C1. The Labute approximate surface area is 160 Å². The number of carboxylic acids is 1. The molecule has 7 unspecified atom stereocenters. The molecule has 154 valence electrons. The predicted octanol–water partition coefficient (Wildman–Crippen LogP) is 4.58. The predicted molar refractivity (Wildman–Crippen MR) is 106 cm³/mol. The van der Waals surface area contributed by atoms with Gasteiger partial charge in [0.05, 0.1) is 6.10 Å². The van der Waals surface area contributed by atoms with Gasteiger partial charge in [-0.15, -0.1) is 0 Å². The molecule has 0 aromatic rings. The van der Waals surface area contributed by atoms with Crippen LogP contribution in [-0.4, -0.2) is 33.5 Å². The first kappa shape index (κ1) is 23.4. The lowest BCUT2D eigenvalue weighted by Crippen LogP contribution is -2.40. The smallest absolute Gasteiger partial charge is 0.332 e. The Morgan fingerprint density at radius 1 is 0.808 bits per heavy atom. The molecule has 2 aliphatic rings. The second kappa shape index (κ2) is 10.7. The van der Waals surface area contributed by atoms with Crippen LogP contribution in [-0.2, 0) is 4.79 Å². The van der Waals surface area contributed by atoms with E-state index >= 15 is 0 Å². The normalized spacial score (nSPS) is 36.4. The largest absolute Gasteiger partial charge is 0.479 e. The molecule has 0 amide bonds. The summed E-state index contributed by atoms with van der Waals surface area (Å²) in [7, 11) is 0. The van der Waals surface area contributed by atoms with Crippen molar-refractivity contribution in [3.05, 3.63) is 0 Å². The highest BCUT2D eigenvalue weighted by atomic mass is 16.4. The molecule has 0 aromatic carbocycles. The number of aliphatic carboxylic acids is 1. The number of rotatable bonds is 4. The van der Waals surface area contributed by atoms with Crippen LogP contribution in [0.4, 0.5) is 0 Å². The molecule has 0 saturated heterocycles. The Balaban J connectivity index is 0.000000273. The molecule has 0 bridgehead atoms. The van der Waals surface area contributed by atoms with Crippen LogP contribution in [0.1, 0.15) is 80.1 Å². The minimum Gasteiger partial charge on any atom is -0.479 e. The molecule has 7 atom stereocenters. The molecule has 2 saturated carbocycles. The average molecular weight is 371 g/mol. The van der Waals surface area contributed by atoms with Crippen molar-refractivity contribution in [3.8, 4) is 0 Å². The van der Waals surface area contributed by atoms with E-state index in [0.717, 1.165) is 31.6 Å². The minimum absolute atomic E-state index is 0.0289. The Bertz CT molecular complexity index is 420. The topological polar surface area (TPSA) is 77.8 Å². The molecule has 2 rings (SSSR count). The molecule has 4 nitrogen and oxygen atoms in total. The highest BCUT2D eigenvalue weighted by molar-refractivity contribution is 5.72. The van der Waals surface area contributed by atoms with E-state index in [4.69, 9.17) is 5.11 Å². The Morgan fingerprint density at radius 3 is 1.69 bits per heavy atom. The highest BCUT2D eigenvalue weighted by Crippen LogP contribution is 2.39. The van der Waals surface area contributed by atoms with E-state index in [9.17, 15) is 15.0 Å². The zero-order valence-corrected chi connectivity index (χ0v) is 17.7. The highest BCUT2D eigenvalue weighted by Gasteiger charge is 2.38. The Hall–Kier alpha value is -0.610. The monoisotopic (exact) mass is 370 g/mol. The van der Waals surface area contributed by atoms with Gasteiger partial charge in [-0.2, -0.15) is 0 Å². The number of carboxylic acid groups (broad SMARTS) is 1. The molecule has 0 heterocycles. The summed E-state index contributed by atoms with van der Waals surface area (Å²) in [5.74, 6) is 2.16. The quantitative estimate of drug-likeness (QED) is 0.677. The van der Waals surface area contributed by atoms with Crippen molar-refractivity contribution in [2.45, 2.75) is 92.3 Å². The third kappa shape index (κ3) is 6.84. The van der Waals surface area contributed by atoms with Gasteiger partial charge in [0.1, 0.15) is 0 Å². The van der Waals surface area contributed by atoms with Gasteiger partial charge in [-0.1, -0.05) is 54.4 Å². The standard InChI is InChI=1S/C12H22O3.C10H20O/c1-7(2)9-5-4-8(3)6-10(9)11(13)12(14)15;1-7(2)9-5-4-8(3)6-10(9)11/h7-11,13H,4-6H2,1-3H3,(H,14,15);7-11H,4-6H2,1-3H3. The molecule has 0 radical (unpaired) electrons. The molecular weight excluding hydrogens is 328 g/mol. The van der Waals surface area contributed by atoms with Crippen molar-refractivity contribution in [1.29, 1.82) is 0 Å². The van der Waals surface area contributed by atoms with Gasteiger partial charge < -0.3 is 15.3 Å². The molecule has 0 spiro atoms. The van der Waals surface area contributed by atoms with Gasteiger partial charge in [0, 0.05) is 0 Å². The van der Waals surface area contributed by atoms with E-state index in [0.29, 0.717) is 29.6 Å². The van der Waals surface area contributed by atoms with Gasteiger partial charge in [-0.3, -0.25) is 0 Å². The number of aliphatic hydroxyl groups excluding tert-OH is 2. The van der Waals surface area contributed by atoms with Crippen molar-refractivity contribution in [2.24, 2.45) is 41.4 Å². The lowest BCUT2D eigenvalue weighted by molar-refractivity contribution is -0.152. The molecule has 3 N–H and O–H groups in total. The number of aliphatic hydroxyl groups is 2. The van der Waals surface area contributed by atoms with E-state index in [1.54, 1.807) is 0 Å². The van der Waals surface area contributed by atoms with Crippen LogP contribution in [0.5, 0.6) is 0 Å². The molecule has 0 aromatic heterocycles. The van der Waals surface area contributed by atoms with Gasteiger partial charge in [-0.05, 0) is 67.1 Å². The minimum atomic E-state index is -1.18. The maximum absolute atomic E-state index is 10.8. The maximum Gasteiger partial charge on any atom is 0.332 e. The van der Waals surface area contributed by atoms with Crippen molar-refractivity contribution in [3.63, 3.8) is 0 Å². The van der Waals surface area contributed by atoms with Crippen LogP contribution in [0.3, 0.4) is 0 Å². The first-order valence-electron chi connectivity index (χ1n) is 10.6. The fourth-order valence-electron chi connectivity index (χ4n) is 4.97. The fraction of sp³-hybridized carbons (Fsp3) is 0.955.